The number of anilines is 1. The lowest BCUT2D eigenvalue weighted by molar-refractivity contribution is 0.194. The van der Waals surface area contributed by atoms with Crippen molar-refractivity contribution >= 4 is 21.5 Å². The van der Waals surface area contributed by atoms with Gasteiger partial charge in [-0.05, 0) is 43.7 Å². The van der Waals surface area contributed by atoms with Crippen molar-refractivity contribution in [3.63, 3.8) is 0 Å². The minimum absolute atomic E-state index is 0.0839. The van der Waals surface area contributed by atoms with Crippen molar-refractivity contribution in [2.45, 2.75) is 24.3 Å². The number of aromatic nitrogens is 1. The molecule has 6 nitrogen and oxygen atoms in total. The number of pyridine rings is 1. The summed E-state index contributed by atoms with van der Waals surface area (Å²) < 4.78 is 29.0. The Morgan fingerprint density at radius 3 is 2.84 bits per heavy atom. The molecular formula is C18H20N4O2S. The predicted molar refractivity (Wildman–Crippen MR) is 96.9 cm³/mol. The van der Waals surface area contributed by atoms with Gasteiger partial charge in [-0.1, -0.05) is 18.2 Å². The highest BCUT2D eigenvalue weighted by Gasteiger charge is 2.31. The number of piperidine rings is 1. The SMILES string of the molecule is O=S1(=O)N=C([C@@H]2CCCN(Cc3ccccn3)C2)Nc2ccccc21. The van der Waals surface area contributed by atoms with Crippen molar-refractivity contribution in [1.82, 2.24) is 9.88 Å². The zero-order chi connectivity index (χ0) is 17.3. The van der Waals surface area contributed by atoms with E-state index in [-0.39, 0.29) is 10.8 Å². The third kappa shape index (κ3) is 3.43. The van der Waals surface area contributed by atoms with Gasteiger partial charge < -0.3 is 5.32 Å². The monoisotopic (exact) mass is 356 g/mol. The van der Waals surface area contributed by atoms with Crippen LogP contribution in [0.3, 0.4) is 0 Å². The highest BCUT2D eigenvalue weighted by molar-refractivity contribution is 7.90. The van der Waals surface area contributed by atoms with Gasteiger partial charge in [-0.25, -0.2) is 0 Å². The normalized spacial score (nSPS) is 22.6. The summed E-state index contributed by atoms with van der Waals surface area (Å²) in [4.78, 5) is 6.94. The van der Waals surface area contributed by atoms with E-state index in [1.807, 2.05) is 24.3 Å². The summed E-state index contributed by atoms with van der Waals surface area (Å²) in [6, 6.07) is 12.8. The van der Waals surface area contributed by atoms with E-state index in [2.05, 4.69) is 19.6 Å². The van der Waals surface area contributed by atoms with E-state index in [4.69, 9.17) is 0 Å². The second-order valence-corrected chi connectivity index (χ2v) is 8.04. The maximum absolute atomic E-state index is 12.4. The zero-order valence-electron chi connectivity index (χ0n) is 13.8. The lowest BCUT2D eigenvalue weighted by atomic mass is 9.96. The Morgan fingerprint density at radius 1 is 1.16 bits per heavy atom. The first-order valence-electron chi connectivity index (χ1n) is 8.45. The first-order valence-corrected chi connectivity index (χ1v) is 9.89. The van der Waals surface area contributed by atoms with Gasteiger partial charge >= 0.3 is 0 Å². The molecule has 1 N–H and O–H groups in total. The van der Waals surface area contributed by atoms with Crippen LogP contribution >= 0.6 is 0 Å². The summed E-state index contributed by atoms with van der Waals surface area (Å²) >= 11 is 0. The van der Waals surface area contributed by atoms with Gasteiger partial charge in [0.25, 0.3) is 10.0 Å². The number of likely N-dealkylation sites (tertiary alicyclic amines) is 1. The van der Waals surface area contributed by atoms with E-state index in [1.165, 1.54) is 0 Å². The Balaban J connectivity index is 1.53. The highest BCUT2D eigenvalue weighted by Crippen LogP contribution is 2.30. The van der Waals surface area contributed by atoms with Crippen LogP contribution in [0.1, 0.15) is 18.5 Å². The molecule has 1 aromatic carbocycles. The maximum Gasteiger partial charge on any atom is 0.286 e. The van der Waals surface area contributed by atoms with Crippen LogP contribution in [0, 0.1) is 5.92 Å². The third-order valence-corrected chi connectivity index (χ3v) is 6.00. The van der Waals surface area contributed by atoms with E-state index in [0.29, 0.717) is 11.5 Å². The highest BCUT2D eigenvalue weighted by atomic mass is 32.2. The fourth-order valence-corrected chi connectivity index (χ4v) is 4.65. The smallest absolute Gasteiger partial charge is 0.286 e. The molecule has 0 bridgehead atoms. The van der Waals surface area contributed by atoms with Gasteiger partial charge in [0.05, 0.1) is 11.4 Å². The van der Waals surface area contributed by atoms with Crippen molar-refractivity contribution < 1.29 is 8.42 Å². The van der Waals surface area contributed by atoms with Gasteiger partial charge in [-0.3, -0.25) is 9.88 Å². The van der Waals surface area contributed by atoms with Crippen molar-refractivity contribution in [2.75, 3.05) is 18.4 Å². The number of rotatable bonds is 3. The minimum Gasteiger partial charge on any atom is -0.342 e. The Bertz CT molecular complexity index is 896. The topological polar surface area (TPSA) is 74.7 Å². The second kappa shape index (κ2) is 6.57. The molecule has 7 heteroatoms. The van der Waals surface area contributed by atoms with Crippen LogP contribution in [-0.4, -0.2) is 37.2 Å². The summed E-state index contributed by atoms with van der Waals surface area (Å²) in [5, 5.41) is 3.24. The number of nitrogens with one attached hydrogen (secondary N) is 1. The van der Waals surface area contributed by atoms with Gasteiger partial charge in [0, 0.05) is 25.2 Å². The van der Waals surface area contributed by atoms with E-state index in [0.717, 1.165) is 38.2 Å². The minimum atomic E-state index is -3.62. The van der Waals surface area contributed by atoms with Crippen LogP contribution in [0.2, 0.25) is 0 Å². The molecule has 1 fully saturated rings. The molecule has 130 valence electrons. The number of amidine groups is 1. The number of hydrogen-bond donors (Lipinski definition) is 1. The Hall–Kier alpha value is -2.25. The summed E-state index contributed by atoms with van der Waals surface area (Å²) in [6.45, 7) is 2.54. The number of sulfonamides is 1. The maximum atomic E-state index is 12.4. The number of hydrogen-bond acceptors (Lipinski definition) is 5. The number of nitrogens with zero attached hydrogens (tertiary/aromatic N) is 3. The first kappa shape index (κ1) is 16.2. The molecule has 1 aromatic heterocycles. The largest absolute Gasteiger partial charge is 0.342 e. The molecule has 3 heterocycles. The van der Waals surface area contributed by atoms with Crippen LogP contribution in [-0.2, 0) is 16.6 Å². The van der Waals surface area contributed by atoms with Crippen LogP contribution < -0.4 is 5.32 Å². The molecule has 0 unspecified atom stereocenters. The molecular weight excluding hydrogens is 336 g/mol. The molecule has 2 aliphatic rings. The van der Waals surface area contributed by atoms with Crippen molar-refractivity contribution in [2.24, 2.45) is 10.3 Å². The summed E-state index contributed by atoms with van der Waals surface area (Å²) in [7, 11) is -3.62. The van der Waals surface area contributed by atoms with Gasteiger partial charge in [0.15, 0.2) is 0 Å². The molecule has 0 spiro atoms. The fraction of sp³-hybridized carbons (Fsp3) is 0.333. The lowest BCUT2D eigenvalue weighted by Gasteiger charge is -2.34. The quantitative estimate of drug-likeness (QED) is 0.915. The van der Waals surface area contributed by atoms with Gasteiger partial charge in [-0.15, -0.1) is 4.40 Å². The third-order valence-electron chi connectivity index (χ3n) is 4.65. The fourth-order valence-electron chi connectivity index (χ4n) is 3.45. The lowest BCUT2D eigenvalue weighted by Crippen LogP contribution is -2.41. The Morgan fingerprint density at radius 2 is 2.00 bits per heavy atom. The molecule has 0 aliphatic carbocycles. The molecule has 25 heavy (non-hydrogen) atoms. The predicted octanol–water partition coefficient (Wildman–Crippen LogP) is 2.51. The average Bonchev–Trinajstić information content (AvgIpc) is 2.62. The van der Waals surface area contributed by atoms with E-state index < -0.39 is 10.0 Å². The van der Waals surface area contributed by atoms with Crippen molar-refractivity contribution in [3.05, 3.63) is 54.4 Å². The van der Waals surface area contributed by atoms with E-state index >= 15 is 0 Å². The zero-order valence-corrected chi connectivity index (χ0v) is 14.6. The van der Waals surface area contributed by atoms with Crippen LogP contribution in [0.4, 0.5) is 5.69 Å². The Labute approximate surface area is 147 Å². The number of para-hydroxylation sites is 1. The molecule has 4 rings (SSSR count). The van der Waals surface area contributed by atoms with Crippen LogP contribution in [0.15, 0.2) is 58.0 Å². The summed E-state index contributed by atoms with van der Waals surface area (Å²) in [5.41, 5.74) is 1.65. The van der Waals surface area contributed by atoms with Gasteiger partial charge in [0.1, 0.15) is 10.7 Å². The van der Waals surface area contributed by atoms with Crippen molar-refractivity contribution in [3.8, 4) is 0 Å². The summed E-state index contributed by atoms with van der Waals surface area (Å²) in [6.07, 6.45) is 3.75. The van der Waals surface area contributed by atoms with E-state index in [9.17, 15) is 8.42 Å². The van der Waals surface area contributed by atoms with Gasteiger partial charge in [0.2, 0.25) is 0 Å². The molecule has 2 aliphatic heterocycles. The second-order valence-electron chi connectivity index (χ2n) is 6.47. The molecule has 2 aromatic rings. The molecule has 0 amide bonds. The van der Waals surface area contributed by atoms with E-state index in [1.54, 1.807) is 24.4 Å². The van der Waals surface area contributed by atoms with Crippen molar-refractivity contribution in [1.29, 1.82) is 0 Å². The molecule has 0 radical (unpaired) electrons. The first-order chi connectivity index (χ1) is 12.1. The summed E-state index contributed by atoms with van der Waals surface area (Å²) in [5.74, 6) is 0.644. The standard InChI is InChI=1S/C18H20N4O2S/c23-25(24)17-9-2-1-8-16(17)20-18(21-25)14-6-5-11-22(12-14)13-15-7-3-4-10-19-15/h1-4,7-10,14H,5-6,11-13H2,(H,20,21)/t14-/m1/s1. The average molecular weight is 356 g/mol. The number of fused-ring (bicyclic) bond motifs is 1. The van der Waals surface area contributed by atoms with Crippen LogP contribution in [0.25, 0.3) is 0 Å². The molecule has 1 saturated heterocycles. The van der Waals surface area contributed by atoms with Gasteiger partial charge in [-0.2, -0.15) is 8.42 Å². The van der Waals surface area contributed by atoms with Crippen LogP contribution in [0.5, 0.6) is 0 Å². The molecule has 1 atom stereocenters. The number of benzene rings is 1. The Kier molecular flexibility index (Phi) is 4.27. The molecule has 0 saturated carbocycles.